The van der Waals surface area contributed by atoms with Crippen LogP contribution in [0.15, 0.2) is 0 Å². The molecule has 1 N–H and O–H groups in total. The quantitative estimate of drug-likeness (QED) is 0.828. The van der Waals surface area contributed by atoms with Crippen LogP contribution in [0.2, 0.25) is 0 Å². The third kappa shape index (κ3) is 3.27. The van der Waals surface area contributed by atoms with Gasteiger partial charge in [0.25, 0.3) is 0 Å². The Morgan fingerprint density at radius 2 is 1.83 bits per heavy atom. The molecule has 18 heavy (non-hydrogen) atoms. The summed E-state index contributed by atoms with van der Waals surface area (Å²) in [6.45, 7) is 11.9. The van der Waals surface area contributed by atoms with Crippen molar-refractivity contribution in [2.75, 3.05) is 13.1 Å². The van der Waals surface area contributed by atoms with Crippen molar-refractivity contribution in [3.05, 3.63) is 0 Å². The van der Waals surface area contributed by atoms with E-state index >= 15 is 0 Å². The van der Waals surface area contributed by atoms with E-state index in [1.165, 1.54) is 51.6 Å². The van der Waals surface area contributed by atoms with Crippen LogP contribution in [0.3, 0.4) is 0 Å². The van der Waals surface area contributed by atoms with Gasteiger partial charge in [-0.15, -0.1) is 0 Å². The molecule has 2 heteroatoms. The highest BCUT2D eigenvalue weighted by atomic mass is 15.3. The Bertz CT molecular complexity index is 250. The van der Waals surface area contributed by atoms with E-state index in [9.17, 15) is 0 Å². The van der Waals surface area contributed by atoms with Gasteiger partial charge < -0.3 is 5.32 Å². The molecule has 0 bridgehead atoms. The Morgan fingerprint density at radius 3 is 2.39 bits per heavy atom. The Hall–Kier alpha value is -0.0800. The second-order valence-electron chi connectivity index (χ2n) is 7.40. The average Bonchev–Trinajstić information content (AvgIpc) is 2.82. The molecule has 1 aliphatic carbocycles. The van der Waals surface area contributed by atoms with Gasteiger partial charge >= 0.3 is 0 Å². The maximum Gasteiger partial charge on any atom is 0.0244 e. The van der Waals surface area contributed by atoms with Gasteiger partial charge in [-0.05, 0) is 24.7 Å². The van der Waals surface area contributed by atoms with Gasteiger partial charge in [0.05, 0.1) is 0 Å². The third-order valence-electron chi connectivity index (χ3n) is 4.92. The normalized spacial score (nSPS) is 32.0. The SMILES string of the molecule is CCCC1CNC(C(C)(C)C)CN1C1CCCC1. The van der Waals surface area contributed by atoms with Gasteiger partial charge in [-0.1, -0.05) is 47.0 Å². The first-order chi connectivity index (χ1) is 8.52. The summed E-state index contributed by atoms with van der Waals surface area (Å²) in [5, 5.41) is 3.81. The van der Waals surface area contributed by atoms with E-state index in [4.69, 9.17) is 0 Å². The van der Waals surface area contributed by atoms with Gasteiger partial charge in [-0.3, -0.25) is 4.90 Å². The summed E-state index contributed by atoms with van der Waals surface area (Å²) in [6.07, 6.45) is 8.46. The van der Waals surface area contributed by atoms with E-state index in [2.05, 4.69) is 37.9 Å². The molecule has 0 spiro atoms. The van der Waals surface area contributed by atoms with Gasteiger partial charge in [-0.2, -0.15) is 0 Å². The molecule has 2 aliphatic rings. The minimum atomic E-state index is 0.383. The molecule has 0 aromatic rings. The van der Waals surface area contributed by atoms with E-state index in [0.717, 1.165) is 12.1 Å². The number of hydrogen-bond acceptors (Lipinski definition) is 2. The summed E-state index contributed by atoms with van der Waals surface area (Å²) >= 11 is 0. The minimum Gasteiger partial charge on any atom is -0.311 e. The fraction of sp³-hybridized carbons (Fsp3) is 1.00. The molecule has 1 aliphatic heterocycles. The average molecular weight is 252 g/mol. The van der Waals surface area contributed by atoms with E-state index in [1.807, 2.05) is 0 Å². The highest BCUT2D eigenvalue weighted by Gasteiger charge is 2.37. The van der Waals surface area contributed by atoms with E-state index in [0.29, 0.717) is 11.5 Å². The van der Waals surface area contributed by atoms with Gasteiger partial charge in [-0.25, -0.2) is 0 Å². The first kappa shape index (κ1) is 14.3. The van der Waals surface area contributed by atoms with Crippen LogP contribution in [0.25, 0.3) is 0 Å². The molecule has 2 atom stereocenters. The third-order valence-corrected chi connectivity index (χ3v) is 4.92. The van der Waals surface area contributed by atoms with Gasteiger partial charge in [0, 0.05) is 31.2 Å². The zero-order valence-corrected chi connectivity index (χ0v) is 12.8. The summed E-state index contributed by atoms with van der Waals surface area (Å²) in [5.74, 6) is 0. The minimum absolute atomic E-state index is 0.383. The summed E-state index contributed by atoms with van der Waals surface area (Å²) < 4.78 is 0. The van der Waals surface area contributed by atoms with Crippen molar-refractivity contribution < 1.29 is 0 Å². The topological polar surface area (TPSA) is 15.3 Å². The Kier molecular flexibility index (Phi) is 4.71. The molecular formula is C16H32N2. The zero-order valence-electron chi connectivity index (χ0n) is 12.8. The van der Waals surface area contributed by atoms with Gasteiger partial charge in [0.1, 0.15) is 0 Å². The van der Waals surface area contributed by atoms with Crippen LogP contribution >= 0.6 is 0 Å². The number of nitrogens with one attached hydrogen (secondary N) is 1. The van der Waals surface area contributed by atoms with Crippen molar-refractivity contribution >= 4 is 0 Å². The monoisotopic (exact) mass is 252 g/mol. The fourth-order valence-corrected chi connectivity index (χ4v) is 3.68. The maximum absolute atomic E-state index is 3.81. The second kappa shape index (κ2) is 5.92. The number of nitrogens with zero attached hydrogens (tertiary/aromatic N) is 1. The van der Waals surface area contributed by atoms with Crippen LogP contribution in [0, 0.1) is 5.41 Å². The maximum atomic E-state index is 3.81. The van der Waals surface area contributed by atoms with Crippen molar-refractivity contribution in [1.82, 2.24) is 10.2 Å². The van der Waals surface area contributed by atoms with Crippen molar-refractivity contribution in [3.8, 4) is 0 Å². The van der Waals surface area contributed by atoms with Crippen molar-refractivity contribution in [2.24, 2.45) is 5.41 Å². The first-order valence-electron chi connectivity index (χ1n) is 8.01. The summed E-state index contributed by atoms with van der Waals surface area (Å²) in [5.41, 5.74) is 0.383. The molecule has 1 saturated carbocycles. The lowest BCUT2D eigenvalue weighted by Crippen LogP contribution is -2.62. The van der Waals surface area contributed by atoms with Gasteiger partial charge in [0.2, 0.25) is 0 Å². The molecule has 2 unspecified atom stereocenters. The van der Waals surface area contributed by atoms with Crippen molar-refractivity contribution in [2.45, 2.75) is 84.3 Å². The van der Waals surface area contributed by atoms with Crippen molar-refractivity contribution in [1.29, 1.82) is 0 Å². The van der Waals surface area contributed by atoms with E-state index < -0.39 is 0 Å². The Morgan fingerprint density at radius 1 is 1.17 bits per heavy atom. The van der Waals surface area contributed by atoms with Crippen LogP contribution in [-0.4, -0.2) is 36.1 Å². The predicted octanol–water partition coefficient (Wildman–Crippen LogP) is 3.42. The summed E-state index contributed by atoms with van der Waals surface area (Å²) in [7, 11) is 0. The van der Waals surface area contributed by atoms with Crippen LogP contribution in [0.4, 0.5) is 0 Å². The lowest BCUT2D eigenvalue weighted by Gasteiger charge is -2.47. The smallest absolute Gasteiger partial charge is 0.0244 e. The first-order valence-corrected chi connectivity index (χ1v) is 8.01. The number of rotatable bonds is 3. The number of hydrogen-bond donors (Lipinski definition) is 1. The molecule has 2 rings (SSSR count). The molecule has 0 radical (unpaired) electrons. The molecule has 2 fully saturated rings. The predicted molar refractivity (Wildman–Crippen MR) is 78.9 cm³/mol. The Labute approximate surface area is 114 Å². The zero-order chi connectivity index (χ0) is 13.2. The number of piperazine rings is 1. The fourth-order valence-electron chi connectivity index (χ4n) is 3.68. The molecule has 0 amide bonds. The molecule has 106 valence electrons. The van der Waals surface area contributed by atoms with Gasteiger partial charge in [0.15, 0.2) is 0 Å². The molecule has 0 aromatic heterocycles. The van der Waals surface area contributed by atoms with Crippen LogP contribution in [-0.2, 0) is 0 Å². The lowest BCUT2D eigenvalue weighted by atomic mass is 9.84. The second-order valence-corrected chi connectivity index (χ2v) is 7.40. The lowest BCUT2D eigenvalue weighted by molar-refractivity contribution is 0.0471. The summed E-state index contributed by atoms with van der Waals surface area (Å²) in [4.78, 5) is 2.86. The molecule has 0 aromatic carbocycles. The van der Waals surface area contributed by atoms with E-state index in [-0.39, 0.29) is 0 Å². The molecular weight excluding hydrogens is 220 g/mol. The van der Waals surface area contributed by atoms with Crippen LogP contribution < -0.4 is 5.32 Å². The van der Waals surface area contributed by atoms with Crippen LogP contribution in [0.1, 0.15) is 66.2 Å². The standard InChI is InChI=1S/C16H32N2/c1-5-8-14-11-17-15(16(2,3)4)12-18(14)13-9-6-7-10-13/h13-15,17H,5-12H2,1-4H3. The molecule has 1 heterocycles. The van der Waals surface area contributed by atoms with Crippen molar-refractivity contribution in [3.63, 3.8) is 0 Å². The van der Waals surface area contributed by atoms with Crippen LogP contribution in [0.5, 0.6) is 0 Å². The largest absolute Gasteiger partial charge is 0.311 e. The molecule has 1 saturated heterocycles. The summed E-state index contributed by atoms with van der Waals surface area (Å²) in [6, 6.07) is 2.33. The molecule has 2 nitrogen and oxygen atoms in total. The van der Waals surface area contributed by atoms with E-state index in [1.54, 1.807) is 0 Å². The highest BCUT2D eigenvalue weighted by molar-refractivity contribution is 4.95. The highest BCUT2D eigenvalue weighted by Crippen LogP contribution is 2.31. The Balaban J connectivity index is 2.03.